The molecule has 1 N–H and O–H groups in total. The third kappa shape index (κ3) is 5.91. The number of pyridine rings is 1. The summed E-state index contributed by atoms with van der Waals surface area (Å²) in [5, 5.41) is 0. The zero-order valence-electron chi connectivity index (χ0n) is 19.6. The molecule has 0 radical (unpaired) electrons. The van der Waals surface area contributed by atoms with Gasteiger partial charge >= 0.3 is 6.18 Å². The van der Waals surface area contributed by atoms with Gasteiger partial charge in [-0.1, -0.05) is 25.1 Å². The maximum Gasteiger partial charge on any atom is 0.416 e. The third-order valence-corrected chi connectivity index (χ3v) is 6.64. The maximum absolute atomic E-state index is 13.5. The van der Waals surface area contributed by atoms with Gasteiger partial charge in [0.15, 0.2) is 15.6 Å². The number of nitrogens with one attached hydrogen (secondary N) is 1. The molecule has 7 nitrogen and oxygen atoms in total. The van der Waals surface area contributed by atoms with E-state index in [1.54, 1.807) is 6.92 Å². The van der Waals surface area contributed by atoms with Crippen molar-refractivity contribution in [1.29, 1.82) is 0 Å². The summed E-state index contributed by atoms with van der Waals surface area (Å²) in [6.07, 6.45) is -3.53. The lowest BCUT2D eigenvalue weighted by Crippen LogP contribution is -2.35. The number of halogens is 3. The van der Waals surface area contributed by atoms with Crippen LogP contribution < -0.4 is 10.5 Å². The summed E-state index contributed by atoms with van der Waals surface area (Å²) in [6, 6.07) is 10.7. The molecule has 0 bridgehead atoms. The van der Waals surface area contributed by atoms with Crippen molar-refractivity contribution in [2.24, 2.45) is 0 Å². The highest BCUT2D eigenvalue weighted by Crippen LogP contribution is 2.32. The van der Waals surface area contributed by atoms with Crippen LogP contribution in [-0.2, 0) is 22.6 Å². The van der Waals surface area contributed by atoms with Crippen molar-refractivity contribution in [2.45, 2.75) is 37.9 Å². The van der Waals surface area contributed by atoms with E-state index in [4.69, 9.17) is 0 Å². The molecule has 190 valence electrons. The van der Waals surface area contributed by atoms with Crippen molar-refractivity contribution in [3.63, 3.8) is 0 Å². The smallest absolute Gasteiger partial charge is 0.325 e. The van der Waals surface area contributed by atoms with E-state index in [0.717, 1.165) is 35.4 Å². The van der Waals surface area contributed by atoms with E-state index in [1.807, 2.05) is 0 Å². The molecule has 36 heavy (non-hydrogen) atoms. The average Bonchev–Trinajstić information content (AvgIpc) is 2.81. The second-order valence-electron chi connectivity index (χ2n) is 8.18. The van der Waals surface area contributed by atoms with Crippen molar-refractivity contribution < 1.29 is 31.2 Å². The first kappa shape index (κ1) is 26.9. The number of anilines is 1. The molecule has 0 atom stereocenters. The highest BCUT2D eigenvalue weighted by atomic mass is 32.2. The topological polar surface area (TPSA) is 104 Å². The Hall–Kier alpha value is -3.73. The van der Waals surface area contributed by atoms with Crippen molar-refractivity contribution in [3.8, 4) is 0 Å². The van der Waals surface area contributed by atoms with Crippen LogP contribution in [0.15, 0.2) is 64.3 Å². The van der Waals surface area contributed by atoms with Gasteiger partial charge in [0.05, 0.1) is 17.0 Å². The number of alkyl halides is 3. The molecule has 0 saturated carbocycles. The number of Topliss-reactive ketones (excluding diaryl/α,β-unsaturated/α-hetero) is 1. The molecule has 0 aliphatic rings. The first-order valence-electron chi connectivity index (χ1n) is 10.8. The van der Waals surface area contributed by atoms with Gasteiger partial charge < -0.3 is 9.88 Å². The first-order chi connectivity index (χ1) is 16.7. The fourth-order valence-electron chi connectivity index (χ4n) is 3.56. The van der Waals surface area contributed by atoms with E-state index in [2.05, 4.69) is 4.98 Å². The second kappa shape index (κ2) is 10.1. The van der Waals surface area contributed by atoms with Gasteiger partial charge in [-0.2, -0.15) is 13.2 Å². The number of aryl methyl sites for hydroxylation is 1. The molecule has 3 rings (SSSR count). The first-order valence-corrected chi connectivity index (χ1v) is 12.7. The number of hydrogen-bond acceptors (Lipinski definition) is 5. The molecule has 1 heterocycles. The van der Waals surface area contributed by atoms with Gasteiger partial charge in [-0.3, -0.25) is 14.4 Å². The lowest BCUT2D eigenvalue weighted by molar-refractivity contribution is -0.137. The zero-order valence-corrected chi connectivity index (χ0v) is 20.5. The highest BCUT2D eigenvalue weighted by Gasteiger charge is 2.32. The number of aromatic nitrogens is 1. The van der Waals surface area contributed by atoms with Gasteiger partial charge in [0, 0.05) is 29.6 Å². The second-order valence-corrected chi connectivity index (χ2v) is 10.2. The molecule has 0 aliphatic heterocycles. The molecule has 3 aromatic rings. The van der Waals surface area contributed by atoms with Crippen LogP contribution >= 0.6 is 0 Å². The zero-order chi connectivity index (χ0) is 26.8. The number of H-pyrrole nitrogens is 1. The van der Waals surface area contributed by atoms with Crippen LogP contribution in [-0.4, -0.2) is 31.3 Å². The van der Waals surface area contributed by atoms with Crippen LogP contribution in [0.25, 0.3) is 0 Å². The van der Waals surface area contributed by atoms with Crippen LogP contribution in [0, 0.1) is 6.92 Å². The molecular formula is C25H23F3N2O5S. The number of nitrogens with zero attached hydrogens (tertiary/aromatic N) is 1. The lowest BCUT2D eigenvalue weighted by atomic mass is 10.0. The largest absolute Gasteiger partial charge is 0.416 e. The van der Waals surface area contributed by atoms with E-state index >= 15 is 0 Å². The maximum atomic E-state index is 13.5. The number of rotatable bonds is 7. The summed E-state index contributed by atoms with van der Waals surface area (Å²) in [5.41, 5.74) is -1.54. The summed E-state index contributed by atoms with van der Waals surface area (Å²) in [4.78, 5) is 42.0. The minimum absolute atomic E-state index is 0.0286. The van der Waals surface area contributed by atoms with Crippen LogP contribution in [0.4, 0.5) is 18.9 Å². The van der Waals surface area contributed by atoms with Crippen molar-refractivity contribution in [1.82, 2.24) is 4.98 Å². The minimum atomic E-state index is -4.68. The summed E-state index contributed by atoms with van der Waals surface area (Å²) in [6.45, 7) is 2.85. The van der Waals surface area contributed by atoms with Crippen molar-refractivity contribution in [3.05, 3.63) is 92.9 Å². The highest BCUT2D eigenvalue weighted by molar-refractivity contribution is 7.90. The van der Waals surface area contributed by atoms with Gasteiger partial charge in [0.25, 0.3) is 11.5 Å². The van der Waals surface area contributed by atoms with E-state index in [-0.39, 0.29) is 40.6 Å². The van der Waals surface area contributed by atoms with Gasteiger partial charge in [0.2, 0.25) is 0 Å². The standard InChI is InChI=1S/C25H23F3N2O5S/c1-4-22(31)20-13-21(23(32)29-15(20)2)24(33)30(18-7-5-6-17(12-18)25(26,27)28)14-16-8-10-19(11-9-16)36(3,34)35/h5-13H,4,14H2,1-3H3,(H,29,32). The van der Waals surface area contributed by atoms with Crippen molar-refractivity contribution >= 4 is 27.2 Å². The number of amides is 1. The average molecular weight is 521 g/mol. The number of carbonyl (C=O) groups is 2. The van der Waals surface area contributed by atoms with Gasteiger partial charge in [0.1, 0.15) is 5.56 Å². The monoisotopic (exact) mass is 520 g/mol. The molecule has 11 heteroatoms. The normalized spacial score (nSPS) is 11.8. The van der Waals surface area contributed by atoms with Crippen LogP contribution in [0.3, 0.4) is 0 Å². The molecular weight excluding hydrogens is 497 g/mol. The Balaban J connectivity index is 2.14. The summed E-state index contributed by atoms with van der Waals surface area (Å²) in [7, 11) is -3.49. The van der Waals surface area contributed by atoms with Crippen molar-refractivity contribution in [2.75, 3.05) is 11.2 Å². The Morgan fingerprint density at radius 3 is 2.19 bits per heavy atom. The van der Waals surface area contributed by atoms with Gasteiger partial charge in [-0.05, 0) is 48.9 Å². The molecule has 0 unspecified atom stereocenters. The molecule has 2 aromatic carbocycles. The lowest BCUT2D eigenvalue weighted by Gasteiger charge is -2.24. The molecule has 0 fully saturated rings. The van der Waals surface area contributed by atoms with E-state index < -0.39 is 38.6 Å². The quantitative estimate of drug-likeness (QED) is 0.461. The fraction of sp³-hybridized carbons (Fsp3) is 0.240. The van der Waals surface area contributed by atoms with Crippen LogP contribution in [0.1, 0.15) is 50.9 Å². The Morgan fingerprint density at radius 2 is 1.64 bits per heavy atom. The van der Waals surface area contributed by atoms with E-state index in [9.17, 15) is 36.0 Å². The number of carbonyl (C=O) groups excluding carboxylic acids is 2. The summed E-state index contributed by atoms with van der Waals surface area (Å²) in [5.74, 6) is -1.24. The Morgan fingerprint density at radius 1 is 1.00 bits per heavy atom. The molecule has 1 aromatic heterocycles. The Labute approximate surface area is 205 Å². The fourth-order valence-corrected chi connectivity index (χ4v) is 4.19. The summed E-state index contributed by atoms with van der Waals surface area (Å²) < 4.78 is 63.6. The molecule has 0 saturated heterocycles. The van der Waals surface area contributed by atoms with Gasteiger partial charge in [-0.15, -0.1) is 0 Å². The number of ketones is 1. The van der Waals surface area contributed by atoms with Crippen LogP contribution in [0.2, 0.25) is 0 Å². The predicted octanol–water partition coefficient (Wildman–Crippen LogP) is 4.55. The SMILES string of the molecule is CCC(=O)c1cc(C(=O)N(Cc2ccc(S(C)(=O)=O)cc2)c2cccc(C(F)(F)F)c2)c(=O)[nH]c1C. The van der Waals surface area contributed by atoms with Gasteiger partial charge in [-0.25, -0.2) is 8.42 Å². The number of aromatic amines is 1. The van der Waals surface area contributed by atoms with E-state index in [1.165, 1.54) is 37.3 Å². The molecule has 1 amide bonds. The van der Waals surface area contributed by atoms with Crippen LogP contribution in [0.5, 0.6) is 0 Å². The Bertz CT molecular complexity index is 1480. The number of hydrogen-bond donors (Lipinski definition) is 1. The molecule has 0 spiro atoms. The number of benzene rings is 2. The Kier molecular flexibility index (Phi) is 7.54. The third-order valence-electron chi connectivity index (χ3n) is 5.51. The number of sulfone groups is 1. The predicted molar refractivity (Wildman–Crippen MR) is 128 cm³/mol. The van der Waals surface area contributed by atoms with E-state index in [0.29, 0.717) is 5.56 Å². The summed E-state index contributed by atoms with van der Waals surface area (Å²) >= 11 is 0. The minimum Gasteiger partial charge on any atom is -0.325 e. The molecule has 0 aliphatic carbocycles.